The van der Waals surface area contributed by atoms with E-state index in [0.29, 0.717) is 11.5 Å². The molecule has 0 atom stereocenters. The van der Waals surface area contributed by atoms with E-state index in [0.717, 1.165) is 36.8 Å². The average Bonchev–Trinajstić information content (AvgIpc) is 2.79. The lowest BCUT2D eigenvalue weighted by atomic mass is 9.81. The van der Waals surface area contributed by atoms with Crippen molar-refractivity contribution < 1.29 is 4.39 Å². The Labute approximate surface area is 182 Å². The largest absolute Gasteiger partial charge is 0.207 e. The van der Waals surface area contributed by atoms with E-state index < -0.39 is 0 Å². The van der Waals surface area contributed by atoms with E-state index in [2.05, 4.69) is 43.9 Å². The molecule has 0 spiro atoms. The van der Waals surface area contributed by atoms with E-state index in [-0.39, 0.29) is 5.83 Å². The molecule has 0 amide bonds. The van der Waals surface area contributed by atoms with Gasteiger partial charge < -0.3 is 0 Å². The summed E-state index contributed by atoms with van der Waals surface area (Å²) in [6.45, 7) is 4.36. The zero-order valence-electron chi connectivity index (χ0n) is 18.6. The van der Waals surface area contributed by atoms with Gasteiger partial charge in [-0.3, -0.25) is 0 Å². The first-order valence-electron chi connectivity index (χ1n) is 11.8. The van der Waals surface area contributed by atoms with Crippen LogP contribution in [0.4, 0.5) is 4.39 Å². The molecule has 0 heterocycles. The molecule has 1 fully saturated rings. The van der Waals surface area contributed by atoms with Crippen molar-refractivity contribution in [1.29, 1.82) is 0 Å². The highest BCUT2D eigenvalue weighted by molar-refractivity contribution is 5.60. The minimum Gasteiger partial charge on any atom is -0.207 e. The molecule has 0 nitrogen and oxygen atoms in total. The zero-order valence-corrected chi connectivity index (χ0v) is 18.6. The van der Waals surface area contributed by atoms with Crippen molar-refractivity contribution in [1.82, 2.24) is 0 Å². The van der Waals surface area contributed by atoms with Crippen molar-refractivity contribution >= 4 is 5.83 Å². The highest BCUT2D eigenvalue weighted by Gasteiger charge is 2.18. The summed E-state index contributed by atoms with van der Waals surface area (Å²) < 4.78 is 14.2. The smallest absolute Gasteiger partial charge is 0.126 e. The van der Waals surface area contributed by atoms with Crippen LogP contribution in [0.25, 0.3) is 5.83 Å². The molecular formula is C29H35F. The van der Waals surface area contributed by atoms with Crippen LogP contribution in [0.2, 0.25) is 0 Å². The van der Waals surface area contributed by atoms with Gasteiger partial charge in [0, 0.05) is 16.7 Å². The molecule has 0 unspecified atom stereocenters. The van der Waals surface area contributed by atoms with E-state index in [1.807, 2.05) is 24.3 Å². The minimum absolute atomic E-state index is 0.131. The van der Waals surface area contributed by atoms with Gasteiger partial charge in [-0.2, -0.15) is 0 Å². The average molecular weight is 403 g/mol. The van der Waals surface area contributed by atoms with Gasteiger partial charge in [0.1, 0.15) is 5.83 Å². The van der Waals surface area contributed by atoms with Gasteiger partial charge in [-0.1, -0.05) is 82.1 Å². The second kappa shape index (κ2) is 11.8. The van der Waals surface area contributed by atoms with Crippen molar-refractivity contribution in [3.8, 4) is 11.8 Å². The van der Waals surface area contributed by atoms with Crippen LogP contribution >= 0.6 is 0 Å². The van der Waals surface area contributed by atoms with Gasteiger partial charge in [-0.05, 0) is 73.4 Å². The Hall–Kier alpha value is -2.33. The lowest BCUT2D eigenvalue weighted by Gasteiger charge is -2.23. The van der Waals surface area contributed by atoms with Gasteiger partial charge in [-0.15, -0.1) is 0 Å². The number of benzene rings is 2. The maximum Gasteiger partial charge on any atom is 0.126 e. The molecule has 1 aliphatic rings. The summed E-state index contributed by atoms with van der Waals surface area (Å²) in [4.78, 5) is 0. The highest BCUT2D eigenvalue weighted by atomic mass is 19.1. The predicted octanol–water partition coefficient (Wildman–Crippen LogP) is 8.59. The van der Waals surface area contributed by atoms with Gasteiger partial charge >= 0.3 is 0 Å². The fourth-order valence-electron chi connectivity index (χ4n) is 4.32. The molecule has 1 saturated carbocycles. The third-order valence-corrected chi connectivity index (χ3v) is 6.08. The fraction of sp³-hybridized carbons (Fsp3) is 0.448. The number of halogens is 1. The van der Waals surface area contributed by atoms with Crippen LogP contribution in [0.3, 0.4) is 0 Å². The number of allylic oxidation sites excluding steroid dienone is 1. The van der Waals surface area contributed by atoms with Gasteiger partial charge in [0.2, 0.25) is 0 Å². The van der Waals surface area contributed by atoms with E-state index in [4.69, 9.17) is 0 Å². The Kier molecular flexibility index (Phi) is 8.76. The first-order valence-corrected chi connectivity index (χ1v) is 11.8. The van der Waals surface area contributed by atoms with E-state index in [1.165, 1.54) is 49.7 Å². The maximum absolute atomic E-state index is 14.2. The molecule has 0 aromatic heterocycles. The Balaban J connectivity index is 1.80. The molecule has 1 aliphatic carbocycles. The molecule has 0 bridgehead atoms. The van der Waals surface area contributed by atoms with Crippen LogP contribution in [0.1, 0.15) is 105 Å². The van der Waals surface area contributed by atoms with Crippen LogP contribution < -0.4 is 0 Å². The fourth-order valence-corrected chi connectivity index (χ4v) is 4.32. The lowest BCUT2D eigenvalue weighted by molar-refractivity contribution is 0.443. The standard InChI is InChI=1S/C29H35F/c1-3-5-7-13-29(30)27-20-15-23(16-21-27)14-18-26-19-17-24(10-4-2)22-28(26)25-11-8-6-9-12-25/h13,15-17,19-22,25H,3-12H2,1-2H3. The summed E-state index contributed by atoms with van der Waals surface area (Å²) in [6, 6.07) is 14.4. The van der Waals surface area contributed by atoms with Crippen molar-refractivity contribution in [3.63, 3.8) is 0 Å². The molecular weight excluding hydrogens is 367 g/mol. The molecule has 30 heavy (non-hydrogen) atoms. The van der Waals surface area contributed by atoms with Crippen LogP contribution in [-0.2, 0) is 6.42 Å². The molecule has 2 aromatic rings. The van der Waals surface area contributed by atoms with Crippen molar-refractivity contribution in [2.75, 3.05) is 0 Å². The Morgan fingerprint density at radius 3 is 2.43 bits per heavy atom. The lowest BCUT2D eigenvalue weighted by Crippen LogP contribution is -2.07. The quantitative estimate of drug-likeness (QED) is 0.321. The summed E-state index contributed by atoms with van der Waals surface area (Å²) in [5, 5.41) is 0. The number of aryl methyl sites for hydroxylation is 1. The van der Waals surface area contributed by atoms with Crippen LogP contribution in [0.15, 0.2) is 48.5 Å². The van der Waals surface area contributed by atoms with Crippen molar-refractivity contribution in [2.24, 2.45) is 0 Å². The van der Waals surface area contributed by atoms with E-state index in [1.54, 1.807) is 6.08 Å². The SMILES string of the molecule is CCCCC=C(F)c1ccc(C#Cc2ccc(CCC)cc2C2CCCCC2)cc1. The second-order valence-corrected chi connectivity index (χ2v) is 8.53. The van der Waals surface area contributed by atoms with E-state index in [9.17, 15) is 4.39 Å². The Morgan fingerprint density at radius 1 is 0.967 bits per heavy atom. The third-order valence-electron chi connectivity index (χ3n) is 6.08. The topological polar surface area (TPSA) is 0 Å². The summed E-state index contributed by atoms with van der Waals surface area (Å²) in [5.74, 6) is 7.26. The van der Waals surface area contributed by atoms with Crippen LogP contribution in [0.5, 0.6) is 0 Å². The first-order chi connectivity index (χ1) is 14.7. The summed E-state index contributed by atoms with van der Waals surface area (Å²) in [5.41, 5.74) is 5.61. The minimum atomic E-state index is -0.131. The number of rotatable bonds is 7. The molecule has 3 rings (SSSR count). The second-order valence-electron chi connectivity index (χ2n) is 8.53. The summed E-state index contributed by atoms with van der Waals surface area (Å²) in [6.07, 6.45) is 13.5. The predicted molar refractivity (Wildman–Crippen MR) is 127 cm³/mol. The van der Waals surface area contributed by atoms with E-state index >= 15 is 0 Å². The van der Waals surface area contributed by atoms with Crippen LogP contribution in [0, 0.1) is 11.8 Å². The van der Waals surface area contributed by atoms with Crippen LogP contribution in [-0.4, -0.2) is 0 Å². The molecule has 158 valence electrons. The number of unbranched alkanes of at least 4 members (excludes halogenated alkanes) is 2. The molecule has 1 heteroatoms. The normalized spacial score (nSPS) is 15.0. The molecule has 0 aliphatic heterocycles. The molecule has 0 saturated heterocycles. The molecule has 0 N–H and O–H groups in total. The van der Waals surface area contributed by atoms with Gasteiger partial charge in [0.15, 0.2) is 0 Å². The molecule has 0 radical (unpaired) electrons. The van der Waals surface area contributed by atoms with Gasteiger partial charge in [0.05, 0.1) is 0 Å². The summed E-state index contributed by atoms with van der Waals surface area (Å²) >= 11 is 0. The van der Waals surface area contributed by atoms with Gasteiger partial charge in [0.25, 0.3) is 0 Å². The van der Waals surface area contributed by atoms with Gasteiger partial charge in [-0.25, -0.2) is 4.39 Å². The zero-order chi connectivity index (χ0) is 21.2. The number of hydrogen-bond donors (Lipinski definition) is 0. The maximum atomic E-state index is 14.2. The monoisotopic (exact) mass is 402 g/mol. The van der Waals surface area contributed by atoms with Crippen molar-refractivity contribution in [3.05, 3.63) is 76.4 Å². The molecule has 2 aromatic carbocycles. The Morgan fingerprint density at radius 2 is 1.73 bits per heavy atom. The summed E-state index contributed by atoms with van der Waals surface area (Å²) in [7, 11) is 0. The third kappa shape index (κ3) is 6.33. The highest BCUT2D eigenvalue weighted by Crippen LogP contribution is 2.35. The number of hydrogen-bond acceptors (Lipinski definition) is 0. The van der Waals surface area contributed by atoms with Crippen molar-refractivity contribution in [2.45, 2.75) is 84.0 Å². The first kappa shape index (κ1) is 22.4. The Bertz CT molecular complexity index is 886.